The van der Waals surface area contributed by atoms with Gasteiger partial charge in [0.1, 0.15) is 0 Å². The Balaban J connectivity index is 0. The van der Waals surface area contributed by atoms with Crippen molar-refractivity contribution in [1.29, 1.82) is 0 Å². The summed E-state index contributed by atoms with van der Waals surface area (Å²) in [6.45, 7) is 8.58. The highest BCUT2D eigenvalue weighted by Crippen LogP contribution is 1.60. The van der Waals surface area contributed by atoms with E-state index < -0.39 is 0 Å². The van der Waals surface area contributed by atoms with Crippen molar-refractivity contribution < 1.29 is 0 Å². The van der Waals surface area contributed by atoms with Crippen LogP contribution in [0.4, 0.5) is 0 Å². The van der Waals surface area contributed by atoms with Crippen LogP contribution in [-0.4, -0.2) is 65.4 Å². The highest BCUT2D eigenvalue weighted by Gasteiger charge is 1.87. The Kier molecular flexibility index (Phi) is 24.4. The molecule has 0 saturated heterocycles. The summed E-state index contributed by atoms with van der Waals surface area (Å²) in [6, 6.07) is 0. The average molecular weight is 263 g/mol. The van der Waals surface area contributed by atoms with Crippen molar-refractivity contribution in [3.8, 4) is 0 Å². The minimum absolute atomic E-state index is 0.706. The van der Waals surface area contributed by atoms with Crippen molar-refractivity contribution in [2.75, 3.05) is 65.4 Å². The molecule has 0 spiro atoms. The lowest BCUT2D eigenvalue weighted by Crippen LogP contribution is -2.35. The summed E-state index contributed by atoms with van der Waals surface area (Å²) in [7, 11) is 0. The zero-order valence-electron chi connectivity index (χ0n) is 11.6. The molecule has 0 aliphatic carbocycles. The molecule has 0 unspecified atom stereocenters. The Morgan fingerprint density at radius 1 is 0.444 bits per heavy atom. The summed E-state index contributed by atoms with van der Waals surface area (Å²) < 4.78 is 0. The van der Waals surface area contributed by atoms with E-state index in [4.69, 9.17) is 22.9 Å². The Hall–Kier alpha value is -0.280. The zero-order valence-corrected chi connectivity index (χ0v) is 11.6. The zero-order chi connectivity index (χ0) is 13.9. The molecule has 0 fully saturated rings. The van der Waals surface area contributed by atoms with Crippen molar-refractivity contribution in [2.45, 2.75) is 6.42 Å². The summed E-state index contributed by atoms with van der Waals surface area (Å²) in [5.41, 5.74) is 20.8. The van der Waals surface area contributed by atoms with E-state index in [0.717, 1.165) is 58.8 Å². The summed E-state index contributed by atoms with van der Waals surface area (Å²) in [6.07, 6.45) is 0.944. The van der Waals surface area contributed by atoms with Crippen LogP contribution in [0.5, 0.6) is 0 Å². The van der Waals surface area contributed by atoms with Crippen LogP contribution in [0.25, 0.3) is 0 Å². The third-order valence-electron chi connectivity index (χ3n) is 2.01. The fourth-order valence-corrected chi connectivity index (χ4v) is 1.05. The third kappa shape index (κ3) is 24.8. The quantitative estimate of drug-likeness (QED) is 0.186. The SMILES string of the molecule is NCCCN.NCCNCCNCCNCCN. The van der Waals surface area contributed by atoms with E-state index in [-0.39, 0.29) is 0 Å². The van der Waals surface area contributed by atoms with Gasteiger partial charge in [0.25, 0.3) is 0 Å². The van der Waals surface area contributed by atoms with Crippen LogP contribution >= 0.6 is 0 Å². The van der Waals surface area contributed by atoms with E-state index in [1.807, 2.05) is 0 Å². The Morgan fingerprint density at radius 2 is 0.778 bits per heavy atom. The predicted molar refractivity (Wildman–Crippen MR) is 79.4 cm³/mol. The van der Waals surface area contributed by atoms with Gasteiger partial charge in [-0.2, -0.15) is 0 Å². The highest BCUT2D eigenvalue weighted by atomic mass is 15.0. The molecule has 7 heteroatoms. The summed E-state index contributed by atoms with van der Waals surface area (Å²) >= 11 is 0. The van der Waals surface area contributed by atoms with Gasteiger partial charge >= 0.3 is 0 Å². The Labute approximate surface area is 111 Å². The third-order valence-corrected chi connectivity index (χ3v) is 2.01. The maximum absolute atomic E-state index is 5.32. The molecular formula is C11H33N7. The van der Waals surface area contributed by atoms with Gasteiger partial charge in [-0.05, 0) is 19.5 Å². The number of hydrogen-bond acceptors (Lipinski definition) is 7. The lowest BCUT2D eigenvalue weighted by molar-refractivity contribution is 0.586. The minimum atomic E-state index is 0.706. The molecule has 0 aromatic rings. The Morgan fingerprint density at radius 3 is 1.00 bits per heavy atom. The van der Waals surface area contributed by atoms with Gasteiger partial charge < -0.3 is 38.9 Å². The molecule has 0 amide bonds. The Bertz CT molecular complexity index is 112. The first-order valence-electron chi connectivity index (χ1n) is 6.75. The van der Waals surface area contributed by atoms with Crippen LogP contribution in [0.15, 0.2) is 0 Å². The van der Waals surface area contributed by atoms with Gasteiger partial charge in [-0.15, -0.1) is 0 Å². The predicted octanol–water partition coefficient (Wildman–Crippen LogP) is -3.03. The number of nitrogens with two attached hydrogens (primary N) is 4. The maximum atomic E-state index is 5.32. The molecule has 0 aliphatic heterocycles. The van der Waals surface area contributed by atoms with E-state index in [1.54, 1.807) is 0 Å². The molecule has 0 heterocycles. The summed E-state index contributed by atoms with van der Waals surface area (Å²) in [5.74, 6) is 0. The summed E-state index contributed by atoms with van der Waals surface area (Å²) in [5, 5.41) is 9.71. The van der Waals surface area contributed by atoms with Crippen LogP contribution in [0, 0.1) is 0 Å². The largest absolute Gasteiger partial charge is 0.330 e. The van der Waals surface area contributed by atoms with Crippen LogP contribution in [0.1, 0.15) is 6.42 Å². The first-order chi connectivity index (χ1) is 8.83. The van der Waals surface area contributed by atoms with Gasteiger partial charge in [-0.3, -0.25) is 0 Å². The average Bonchev–Trinajstić information content (AvgIpc) is 2.39. The second kappa shape index (κ2) is 21.9. The van der Waals surface area contributed by atoms with E-state index in [2.05, 4.69) is 16.0 Å². The molecule has 0 aliphatic rings. The second-order valence-corrected chi connectivity index (χ2v) is 3.76. The van der Waals surface area contributed by atoms with Crippen molar-refractivity contribution >= 4 is 0 Å². The van der Waals surface area contributed by atoms with E-state index in [9.17, 15) is 0 Å². The molecular weight excluding hydrogens is 230 g/mol. The maximum Gasteiger partial charge on any atom is 0.00772 e. The summed E-state index contributed by atoms with van der Waals surface area (Å²) in [4.78, 5) is 0. The lowest BCUT2D eigenvalue weighted by Gasteiger charge is -2.06. The van der Waals surface area contributed by atoms with Crippen molar-refractivity contribution in [1.82, 2.24) is 16.0 Å². The molecule has 0 atom stereocenters. The highest BCUT2D eigenvalue weighted by molar-refractivity contribution is 4.54. The standard InChI is InChI=1S/C8H23N5.C3H10N2/c9-1-3-11-5-7-13-8-6-12-4-2-10;4-2-1-3-5/h11-13H,1-10H2;1-5H2. The van der Waals surface area contributed by atoms with Crippen LogP contribution in [0.2, 0.25) is 0 Å². The molecule has 112 valence electrons. The smallest absolute Gasteiger partial charge is 0.00772 e. The van der Waals surface area contributed by atoms with Gasteiger partial charge in [0.15, 0.2) is 0 Å². The number of hydrogen-bond donors (Lipinski definition) is 7. The van der Waals surface area contributed by atoms with Gasteiger partial charge in [0, 0.05) is 52.4 Å². The molecule has 0 saturated carbocycles. The van der Waals surface area contributed by atoms with Crippen LogP contribution < -0.4 is 38.9 Å². The monoisotopic (exact) mass is 263 g/mol. The normalized spacial score (nSPS) is 10.0. The lowest BCUT2D eigenvalue weighted by atomic mass is 10.4. The van der Waals surface area contributed by atoms with E-state index >= 15 is 0 Å². The number of rotatable bonds is 12. The number of nitrogens with one attached hydrogen (secondary N) is 3. The fraction of sp³-hybridized carbons (Fsp3) is 1.00. The molecule has 0 bridgehead atoms. The molecule has 0 radical (unpaired) electrons. The first-order valence-corrected chi connectivity index (χ1v) is 6.75. The molecule has 18 heavy (non-hydrogen) atoms. The van der Waals surface area contributed by atoms with Crippen molar-refractivity contribution in [3.05, 3.63) is 0 Å². The van der Waals surface area contributed by atoms with Crippen molar-refractivity contribution in [3.63, 3.8) is 0 Å². The van der Waals surface area contributed by atoms with Gasteiger partial charge in [-0.25, -0.2) is 0 Å². The molecule has 0 rings (SSSR count). The van der Waals surface area contributed by atoms with E-state index in [0.29, 0.717) is 13.1 Å². The van der Waals surface area contributed by atoms with Gasteiger partial charge in [0.2, 0.25) is 0 Å². The molecule has 11 N–H and O–H groups in total. The first kappa shape index (κ1) is 20.0. The second-order valence-electron chi connectivity index (χ2n) is 3.76. The van der Waals surface area contributed by atoms with Crippen LogP contribution in [0.3, 0.4) is 0 Å². The molecule has 7 nitrogen and oxygen atoms in total. The van der Waals surface area contributed by atoms with Crippen LogP contribution in [-0.2, 0) is 0 Å². The van der Waals surface area contributed by atoms with E-state index in [1.165, 1.54) is 0 Å². The molecule has 0 aromatic heterocycles. The van der Waals surface area contributed by atoms with Crippen molar-refractivity contribution in [2.24, 2.45) is 22.9 Å². The topological polar surface area (TPSA) is 140 Å². The molecule has 0 aromatic carbocycles. The fourth-order valence-electron chi connectivity index (χ4n) is 1.05. The van der Waals surface area contributed by atoms with Gasteiger partial charge in [-0.1, -0.05) is 0 Å². The minimum Gasteiger partial charge on any atom is -0.330 e. The van der Waals surface area contributed by atoms with Gasteiger partial charge in [0.05, 0.1) is 0 Å².